The Morgan fingerprint density at radius 3 is 2.67 bits per heavy atom. The number of hydrogen-bond acceptors (Lipinski definition) is 3. The number of nitrogens with zero attached hydrogens (tertiary/aromatic N) is 1. The first-order chi connectivity index (χ1) is 11.4. The number of carbonyl (C=O) groups excluding carboxylic acids is 1. The van der Waals surface area contributed by atoms with E-state index < -0.39 is 9.84 Å². The number of urea groups is 1. The fourth-order valence-electron chi connectivity index (χ4n) is 3.76. The highest BCUT2D eigenvalue weighted by Crippen LogP contribution is 2.40. The van der Waals surface area contributed by atoms with E-state index in [0.29, 0.717) is 26.1 Å². The third kappa shape index (κ3) is 3.80. The van der Waals surface area contributed by atoms with Crippen LogP contribution < -0.4 is 5.32 Å². The molecule has 2 aliphatic heterocycles. The number of rotatable bonds is 3. The van der Waals surface area contributed by atoms with E-state index in [9.17, 15) is 13.2 Å². The fourth-order valence-corrected chi connectivity index (χ4v) is 5.96. The molecule has 1 unspecified atom stereocenters. The monoisotopic (exact) mass is 348 g/mol. The second kappa shape index (κ2) is 6.59. The standard InChI is InChI=1S/C18H24N2O3S/c1-15(16-6-3-2-4-7-16)12-19-17(21)20-10-5-8-18(13-20)9-11-24(22,23)14-18/h2-4,6-7H,1,5,8-14H2,(H,19,21). The van der Waals surface area contributed by atoms with Crippen LogP contribution in [0.25, 0.3) is 5.57 Å². The van der Waals surface area contributed by atoms with Gasteiger partial charge in [-0.3, -0.25) is 0 Å². The quantitative estimate of drug-likeness (QED) is 0.911. The van der Waals surface area contributed by atoms with E-state index in [1.807, 2.05) is 30.3 Å². The first-order valence-electron chi connectivity index (χ1n) is 8.36. The highest BCUT2D eigenvalue weighted by molar-refractivity contribution is 7.91. The Morgan fingerprint density at radius 2 is 2.00 bits per heavy atom. The second-order valence-electron chi connectivity index (χ2n) is 7.00. The first-order valence-corrected chi connectivity index (χ1v) is 10.2. The van der Waals surface area contributed by atoms with Crippen LogP contribution in [0.4, 0.5) is 4.79 Å². The van der Waals surface area contributed by atoms with Gasteiger partial charge in [-0.1, -0.05) is 36.9 Å². The molecule has 2 amide bonds. The van der Waals surface area contributed by atoms with Crippen molar-refractivity contribution in [3.63, 3.8) is 0 Å². The van der Waals surface area contributed by atoms with Gasteiger partial charge in [-0.2, -0.15) is 0 Å². The Labute approximate surface area is 143 Å². The Hall–Kier alpha value is -1.82. The van der Waals surface area contributed by atoms with Crippen molar-refractivity contribution in [2.45, 2.75) is 19.3 Å². The average molecular weight is 348 g/mol. The molecule has 1 N–H and O–H groups in total. The summed E-state index contributed by atoms with van der Waals surface area (Å²) in [7, 11) is -2.94. The Morgan fingerprint density at radius 1 is 1.25 bits per heavy atom. The number of nitrogens with one attached hydrogen (secondary N) is 1. The van der Waals surface area contributed by atoms with Gasteiger partial charge in [0.15, 0.2) is 9.84 Å². The molecule has 2 fully saturated rings. The molecule has 0 aromatic heterocycles. The molecule has 130 valence electrons. The molecule has 1 aromatic carbocycles. The van der Waals surface area contributed by atoms with Crippen LogP contribution in [0.15, 0.2) is 36.9 Å². The summed E-state index contributed by atoms with van der Waals surface area (Å²) in [5.41, 5.74) is 1.64. The van der Waals surface area contributed by atoms with E-state index in [0.717, 1.165) is 24.0 Å². The van der Waals surface area contributed by atoms with Gasteiger partial charge >= 0.3 is 6.03 Å². The lowest BCUT2D eigenvalue weighted by molar-refractivity contribution is 0.122. The summed E-state index contributed by atoms with van der Waals surface area (Å²) in [6.07, 6.45) is 2.44. The van der Waals surface area contributed by atoms with Crippen LogP contribution in [-0.2, 0) is 9.84 Å². The van der Waals surface area contributed by atoms with Crippen LogP contribution >= 0.6 is 0 Å². The van der Waals surface area contributed by atoms with E-state index in [4.69, 9.17) is 0 Å². The predicted octanol–water partition coefficient (Wildman–Crippen LogP) is 2.31. The highest BCUT2D eigenvalue weighted by Gasteiger charge is 2.45. The third-order valence-electron chi connectivity index (χ3n) is 5.05. The number of sulfone groups is 1. The average Bonchev–Trinajstić information content (AvgIpc) is 2.87. The molecule has 2 saturated heterocycles. The molecule has 5 nitrogen and oxygen atoms in total. The van der Waals surface area contributed by atoms with Crippen molar-refractivity contribution in [1.82, 2.24) is 10.2 Å². The molecule has 0 bridgehead atoms. The van der Waals surface area contributed by atoms with E-state index in [-0.39, 0.29) is 23.0 Å². The molecular weight excluding hydrogens is 324 g/mol. The van der Waals surface area contributed by atoms with Gasteiger partial charge < -0.3 is 10.2 Å². The van der Waals surface area contributed by atoms with Gasteiger partial charge in [0, 0.05) is 25.0 Å². The highest BCUT2D eigenvalue weighted by atomic mass is 32.2. The van der Waals surface area contributed by atoms with Crippen molar-refractivity contribution in [3.8, 4) is 0 Å². The van der Waals surface area contributed by atoms with Gasteiger partial charge in [-0.15, -0.1) is 0 Å². The molecule has 1 aromatic rings. The smallest absolute Gasteiger partial charge is 0.317 e. The third-order valence-corrected chi connectivity index (χ3v) is 6.93. The molecule has 24 heavy (non-hydrogen) atoms. The summed E-state index contributed by atoms with van der Waals surface area (Å²) >= 11 is 0. The minimum atomic E-state index is -2.94. The maximum absolute atomic E-state index is 12.5. The molecule has 0 radical (unpaired) electrons. The SMILES string of the molecule is C=C(CNC(=O)N1CCCC2(CCS(=O)(=O)C2)C1)c1ccccc1. The molecular formula is C18H24N2O3S. The number of carbonyl (C=O) groups is 1. The number of hydrogen-bond donors (Lipinski definition) is 1. The van der Waals surface area contributed by atoms with E-state index in [1.54, 1.807) is 4.90 Å². The van der Waals surface area contributed by atoms with Crippen molar-refractivity contribution in [3.05, 3.63) is 42.5 Å². The van der Waals surface area contributed by atoms with Gasteiger partial charge in [0.05, 0.1) is 11.5 Å². The van der Waals surface area contributed by atoms with Crippen molar-refractivity contribution in [2.24, 2.45) is 5.41 Å². The van der Waals surface area contributed by atoms with E-state index in [1.165, 1.54) is 0 Å². The molecule has 0 aliphatic carbocycles. The zero-order valence-electron chi connectivity index (χ0n) is 13.8. The largest absolute Gasteiger partial charge is 0.334 e. The lowest BCUT2D eigenvalue weighted by Gasteiger charge is -2.39. The minimum absolute atomic E-state index is 0.129. The Balaban J connectivity index is 1.56. The minimum Gasteiger partial charge on any atom is -0.334 e. The molecule has 1 spiro atoms. The molecule has 1 atom stereocenters. The Bertz CT molecular complexity index is 730. The van der Waals surface area contributed by atoms with Crippen LogP contribution in [0.1, 0.15) is 24.8 Å². The maximum Gasteiger partial charge on any atom is 0.317 e. The summed E-state index contributed by atoms with van der Waals surface area (Å²) in [6.45, 7) is 5.64. The van der Waals surface area contributed by atoms with Crippen LogP contribution in [-0.4, -0.2) is 50.5 Å². The molecule has 2 heterocycles. The van der Waals surface area contributed by atoms with Crippen LogP contribution in [0.3, 0.4) is 0 Å². The number of piperidine rings is 1. The maximum atomic E-state index is 12.5. The summed E-state index contributed by atoms with van der Waals surface area (Å²) in [6, 6.07) is 9.63. The van der Waals surface area contributed by atoms with Gasteiger partial charge in [0.2, 0.25) is 0 Å². The van der Waals surface area contributed by atoms with Crippen LogP contribution in [0, 0.1) is 5.41 Å². The van der Waals surface area contributed by atoms with Crippen molar-refractivity contribution < 1.29 is 13.2 Å². The first kappa shape index (κ1) is 17.0. The molecule has 3 rings (SSSR count). The van der Waals surface area contributed by atoms with Crippen LogP contribution in [0.2, 0.25) is 0 Å². The Kier molecular flexibility index (Phi) is 4.67. The number of likely N-dealkylation sites (tertiary alicyclic amines) is 1. The summed E-state index contributed by atoms with van der Waals surface area (Å²) in [5, 5.41) is 2.92. The van der Waals surface area contributed by atoms with Gasteiger partial charge in [-0.05, 0) is 30.4 Å². The zero-order chi connectivity index (χ0) is 17.2. The van der Waals surface area contributed by atoms with Crippen molar-refractivity contribution >= 4 is 21.4 Å². The van der Waals surface area contributed by atoms with Gasteiger partial charge in [-0.25, -0.2) is 13.2 Å². The van der Waals surface area contributed by atoms with Gasteiger partial charge in [0.25, 0.3) is 0 Å². The summed E-state index contributed by atoms with van der Waals surface area (Å²) in [4.78, 5) is 14.2. The number of benzene rings is 1. The van der Waals surface area contributed by atoms with Crippen molar-refractivity contribution in [2.75, 3.05) is 31.1 Å². The molecule has 0 saturated carbocycles. The lowest BCUT2D eigenvalue weighted by Crippen LogP contribution is -2.50. The summed E-state index contributed by atoms with van der Waals surface area (Å²) < 4.78 is 23.6. The fraction of sp³-hybridized carbons (Fsp3) is 0.500. The second-order valence-corrected chi connectivity index (χ2v) is 9.18. The van der Waals surface area contributed by atoms with Gasteiger partial charge in [0.1, 0.15) is 0 Å². The zero-order valence-corrected chi connectivity index (χ0v) is 14.6. The predicted molar refractivity (Wildman–Crippen MR) is 95.4 cm³/mol. The number of amides is 2. The lowest BCUT2D eigenvalue weighted by atomic mass is 9.80. The molecule has 2 aliphatic rings. The van der Waals surface area contributed by atoms with Crippen molar-refractivity contribution in [1.29, 1.82) is 0 Å². The van der Waals surface area contributed by atoms with Crippen LogP contribution in [0.5, 0.6) is 0 Å². The van der Waals surface area contributed by atoms with E-state index in [2.05, 4.69) is 11.9 Å². The topological polar surface area (TPSA) is 66.5 Å². The summed E-state index contributed by atoms with van der Waals surface area (Å²) in [5.74, 6) is 0.480. The normalized spacial score (nSPS) is 25.6. The molecule has 6 heteroatoms. The van der Waals surface area contributed by atoms with E-state index >= 15 is 0 Å².